The average Bonchev–Trinajstić information content (AvgIpc) is 3.19. The van der Waals surface area contributed by atoms with Crippen LogP contribution in [-0.2, 0) is 24.4 Å². The van der Waals surface area contributed by atoms with Crippen LogP contribution in [0.25, 0.3) is 0 Å². The Kier molecular flexibility index (Phi) is 4.53. The summed E-state index contributed by atoms with van der Waals surface area (Å²) in [7, 11) is 0. The Bertz CT molecular complexity index is 776. The van der Waals surface area contributed by atoms with Gasteiger partial charge in [0.25, 0.3) is 5.91 Å². The molecule has 25 heavy (non-hydrogen) atoms. The van der Waals surface area contributed by atoms with Crippen molar-refractivity contribution in [2.75, 3.05) is 0 Å². The molecule has 0 aliphatic carbocycles. The molecule has 1 aromatic heterocycles. The first-order valence-corrected chi connectivity index (χ1v) is 8.31. The van der Waals surface area contributed by atoms with Crippen LogP contribution in [0.4, 0.5) is 4.79 Å². The number of aromatic amines is 1. The Labute approximate surface area is 147 Å². The van der Waals surface area contributed by atoms with Gasteiger partial charge in [-0.2, -0.15) is 0 Å². The Morgan fingerprint density at radius 3 is 2.64 bits per heavy atom. The van der Waals surface area contributed by atoms with Crippen molar-refractivity contribution in [3.63, 3.8) is 0 Å². The molecule has 1 aliphatic heterocycles. The number of carbonyl (C=O) groups is 2. The predicted molar refractivity (Wildman–Crippen MR) is 93.9 cm³/mol. The standard InChI is InChI=1S/C19H23N3O3/c1-19(2,3)25-18(24)22-11-15-5-4-13(8-16(15)12-22)9-21-17(23)14-6-7-20-10-14/h4-8,10,20H,9,11-12H2,1-3H3,(H,21,23). The van der Waals surface area contributed by atoms with Crippen molar-refractivity contribution in [3.05, 3.63) is 58.9 Å². The molecular formula is C19H23N3O3. The van der Waals surface area contributed by atoms with E-state index < -0.39 is 5.60 Å². The van der Waals surface area contributed by atoms with Gasteiger partial charge in [-0.25, -0.2) is 4.79 Å². The smallest absolute Gasteiger partial charge is 0.410 e. The highest BCUT2D eigenvalue weighted by Gasteiger charge is 2.27. The number of hydrogen-bond acceptors (Lipinski definition) is 3. The van der Waals surface area contributed by atoms with Gasteiger partial charge in [-0.3, -0.25) is 9.69 Å². The van der Waals surface area contributed by atoms with Gasteiger partial charge in [-0.1, -0.05) is 18.2 Å². The second-order valence-corrected chi connectivity index (χ2v) is 7.22. The summed E-state index contributed by atoms with van der Waals surface area (Å²) in [5.74, 6) is -0.114. The van der Waals surface area contributed by atoms with E-state index in [9.17, 15) is 9.59 Å². The number of ether oxygens (including phenoxy) is 1. The number of rotatable bonds is 3. The fraction of sp³-hybridized carbons (Fsp3) is 0.368. The molecule has 2 heterocycles. The number of amides is 2. The third-order valence-electron chi connectivity index (χ3n) is 3.96. The van der Waals surface area contributed by atoms with E-state index in [1.165, 1.54) is 0 Å². The van der Waals surface area contributed by atoms with Crippen molar-refractivity contribution in [2.45, 2.75) is 46.0 Å². The lowest BCUT2D eigenvalue weighted by molar-refractivity contribution is 0.0241. The maximum absolute atomic E-state index is 12.2. The van der Waals surface area contributed by atoms with Gasteiger partial charge in [0.05, 0.1) is 5.56 Å². The molecule has 132 valence electrons. The van der Waals surface area contributed by atoms with Gasteiger partial charge < -0.3 is 15.0 Å². The first kappa shape index (κ1) is 17.1. The monoisotopic (exact) mass is 341 g/mol. The number of nitrogens with one attached hydrogen (secondary N) is 2. The Balaban J connectivity index is 1.60. The lowest BCUT2D eigenvalue weighted by Gasteiger charge is -2.24. The zero-order valence-corrected chi connectivity index (χ0v) is 14.8. The Hall–Kier alpha value is -2.76. The van der Waals surface area contributed by atoms with Crippen molar-refractivity contribution in [2.24, 2.45) is 0 Å². The van der Waals surface area contributed by atoms with Crippen molar-refractivity contribution in [1.82, 2.24) is 15.2 Å². The quantitative estimate of drug-likeness (QED) is 0.900. The maximum atomic E-state index is 12.2. The molecule has 3 rings (SSSR count). The minimum Gasteiger partial charge on any atom is -0.444 e. The van der Waals surface area contributed by atoms with Crippen molar-refractivity contribution in [3.8, 4) is 0 Å². The molecule has 2 N–H and O–H groups in total. The van der Waals surface area contributed by atoms with E-state index in [-0.39, 0.29) is 12.0 Å². The molecule has 0 bridgehead atoms. The number of nitrogens with zero attached hydrogens (tertiary/aromatic N) is 1. The van der Waals surface area contributed by atoms with Crippen LogP contribution in [-0.4, -0.2) is 27.5 Å². The van der Waals surface area contributed by atoms with Gasteiger partial charge in [0.15, 0.2) is 0 Å². The lowest BCUT2D eigenvalue weighted by atomic mass is 10.1. The SMILES string of the molecule is CC(C)(C)OC(=O)N1Cc2ccc(CNC(=O)c3cc[nH]c3)cc2C1. The molecular weight excluding hydrogens is 318 g/mol. The number of H-pyrrole nitrogens is 1. The highest BCUT2D eigenvalue weighted by atomic mass is 16.6. The van der Waals surface area contributed by atoms with Crippen LogP contribution in [0.3, 0.4) is 0 Å². The first-order valence-electron chi connectivity index (χ1n) is 8.31. The minimum atomic E-state index is -0.500. The zero-order chi connectivity index (χ0) is 18.0. The summed E-state index contributed by atoms with van der Waals surface area (Å²) in [5, 5.41) is 2.89. The van der Waals surface area contributed by atoms with Gasteiger partial charge in [-0.05, 0) is 43.5 Å². The van der Waals surface area contributed by atoms with E-state index >= 15 is 0 Å². The van der Waals surface area contributed by atoms with E-state index in [1.54, 1.807) is 23.4 Å². The summed E-state index contributed by atoms with van der Waals surface area (Å²) in [6.45, 7) is 7.12. The van der Waals surface area contributed by atoms with E-state index in [0.717, 1.165) is 16.7 Å². The van der Waals surface area contributed by atoms with Gasteiger partial charge in [-0.15, -0.1) is 0 Å². The molecule has 0 atom stereocenters. The van der Waals surface area contributed by atoms with Crippen molar-refractivity contribution in [1.29, 1.82) is 0 Å². The Morgan fingerprint density at radius 2 is 1.96 bits per heavy atom. The predicted octanol–water partition coefficient (Wildman–Crippen LogP) is 3.20. The van der Waals surface area contributed by atoms with E-state index in [2.05, 4.69) is 10.3 Å². The topological polar surface area (TPSA) is 74.4 Å². The van der Waals surface area contributed by atoms with Crippen LogP contribution in [0.5, 0.6) is 0 Å². The maximum Gasteiger partial charge on any atom is 0.410 e. The third-order valence-corrected chi connectivity index (χ3v) is 3.96. The number of hydrogen-bond donors (Lipinski definition) is 2. The van der Waals surface area contributed by atoms with Gasteiger partial charge >= 0.3 is 6.09 Å². The van der Waals surface area contributed by atoms with E-state index in [4.69, 9.17) is 4.74 Å². The Morgan fingerprint density at radius 1 is 1.20 bits per heavy atom. The number of carbonyl (C=O) groups excluding carboxylic acids is 2. The second kappa shape index (κ2) is 6.63. The summed E-state index contributed by atoms with van der Waals surface area (Å²) in [6, 6.07) is 7.76. The third kappa shape index (κ3) is 4.21. The van der Waals surface area contributed by atoms with E-state index in [1.807, 2.05) is 39.0 Å². The molecule has 2 amide bonds. The van der Waals surface area contributed by atoms with Crippen molar-refractivity contribution < 1.29 is 14.3 Å². The molecule has 0 saturated carbocycles. The number of aromatic nitrogens is 1. The highest BCUT2D eigenvalue weighted by Crippen LogP contribution is 2.25. The molecule has 0 fully saturated rings. The van der Waals surface area contributed by atoms with Crippen LogP contribution in [0.1, 0.15) is 47.8 Å². The van der Waals surface area contributed by atoms with Gasteiger partial charge in [0.2, 0.25) is 0 Å². The summed E-state index contributed by atoms with van der Waals surface area (Å²) in [4.78, 5) is 28.7. The average molecular weight is 341 g/mol. The summed E-state index contributed by atoms with van der Waals surface area (Å²) >= 11 is 0. The fourth-order valence-electron chi connectivity index (χ4n) is 2.76. The number of benzene rings is 1. The molecule has 2 aromatic rings. The highest BCUT2D eigenvalue weighted by molar-refractivity contribution is 5.93. The second-order valence-electron chi connectivity index (χ2n) is 7.22. The molecule has 0 radical (unpaired) electrons. The molecule has 0 spiro atoms. The van der Waals surface area contributed by atoms with Crippen molar-refractivity contribution >= 4 is 12.0 Å². The minimum absolute atomic E-state index is 0.114. The summed E-state index contributed by atoms with van der Waals surface area (Å²) < 4.78 is 5.43. The van der Waals surface area contributed by atoms with Crippen LogP contribution >= 0.6 is 0 Å². The first-order chi connectivity index (χ1) is 11.8. The van der Waals surface area contributed by atoms with Crippen LogP contribution in [0.15, 0.2) is 36.7 Å². The summed E-state index contributed by atoms with van der Waals surface area (Å²) in [5.41, 5.74) is 3.33. The molecule has 0 unspecified atom stereocenters. The van der Waals surface area contributed by atoms with Gasteiger partial charge in [0.1, 0.15) is 5.60 Å². The lowest BCUT2D eigenvalue weighted by Crippen LogP contribution is -2.33. The molecule has 6 heteroatoms. The molecule has 6 nitrogen and oxygen atoms in total. The fourth-order valence-corrected chi connectivity index (χ4v) is 2.76. The largest absolute Gasteiger partial charge is 0.444 e. The van der Waals surface area contributed by atoms with Crippen LogP contribution < -0.4 is 5.32 Å². The van der Waals surface area contributed by atoms with Crippen LogP contribution in [0, 0.1) is 0 Å². The van der Waals surface area contributed by atoms with Crippen LogP contribution in [0.2, 0.25) is 0 Å². The zero-order valence-electron chi connectivity index (χ0n) is 14.8. The molecule has 1 aliphatic rings. The summed E-state index contributed by atoms with van der Waals surface area (Å²) in [6.07, 6.45) is 3.08. The molecule has 0 saturated heterocycles. The van der Waals surface area contributed by atoms with E-state index in [0.29, 0.717) is 25.2 Å². The van der Waals surface area contributed by atoms with Gasteiger partial charge in [0, 0.05) is 32.0 Å². The molecule has 1 aromatic carbocycles. The number of fused-ring (bicyclic) bond motifs is 1. The normalized spacial score (nSPS) is 13.5.